The number of aromatic nitrogens is 2. The standard InChI is InChI=1S/C19H29N5O3S/c1-13-14(2)28-19-17(13)18(23(3)12-16(25)20-5-8-26-4)21-15(22-19)11-24-6-9-27-10-7-24/h5-12H2,1-4H3,(H,20,25). The highest BCUT2D eigenvalue weighted by Crippen LogP contribution is 2.34. The zero-order valence-electron chi connectivity index (χ0n) is 17.1. The van der Waals surface area contributed by atoms with Crippen molar-refractivity contribution in [3.05, 3.63) is 16.3 Å². The lowest BCUT2D eigenvalue weighted by atomic mass is 10.2. The third-order valence-electron chi connectivity index (χ3n) is 4.90. The maximum atomic E-state index is 12.3. The number of rotatable bonds is 8. The molecule has 0 atom stereocenters. The van der Waals surface area contributed by atoms with Gasteiger partial charge in [-0.05, 0) is 19.4 Å². The second-order valence-electron chi connectivity index (χ2n) is 7.01. The second-order valence-corrected chi connectivity index (χ2v) is 8.22. The van der Waals surface area contributed by atoms with Crippen LogP contribution < -0.4 is 10.2 Å². The van der Waals surface area contributed by atoms with E-state index in [-0.39, 0.29) is 12.5 Å². The molecule has 28 heavy (non-hydrogen) atoms. The Hall–Kier alpha value is -1.81. The van der Waals surface area contributed by atoms with Crippen molar-refractivity contribution in [1.29, 1.82) is 0 Å². The van der Waals surface area contributed by atoms with Crippen molar-refractivity contribution >= 4 is 33.3 Å². The number of nitrogens with one attached hydrogen (secondary N) is 1. The van der Waals surface area contributed by atoms with Gasteiger partial charge in [-0.25, -0.2) is 9.97 Å². The molecular formula is C19H29N5O3S. The minimum absolute atomic E-state index is 0.0503. The molecule has 9 heteroatoms. The Morgan fingerprint density at radius 3 is 2.79 bits per heavy atom. The van der Waals surface area contributed by atoms with Crippen molar-refractivity contribution in [1.82, 2.24) is 20.2 Å². The third-order valence-corrected chi connectivity index (χ3v) is 6.00. The summed E-state index contributed by atoms with van der Waals surface area (Å²) >= 11 is 1.68. The number of anilines is 1. The fourth-order valence-electron chi connectivity index (χ4n) is 3.22. The summed E-state index contributed by atoms with van der Waals surface area (Å²) < 4.78 is 10.4. The summed E-state index contributed by atoms with van der Waals surface area (Å²) in [7, 11) is 3.52. The Bertz CT molecular complexity index is 819. The number of nitrogens with zero attached hydrogens (tertiary/aromatic N) is 4. The zero-order valence-corrected chi connectivity index (χ0v) is 17.9. The molecule has 1 N–H and O–H groups in total. The smallest absolute Gasteiger partial charge is 0.239 e. The SMILES string of the molecule is COCCNC(=O)CN(C)c1nc(CN2CCOCC2)nc2sc(C)c(C)c12. The lowest BCUT2D eigenvalue weighted by Crippen LogP contribution is -2.38. The van der Waals surface area contributed by atoms with Crippen molar-refractivity contribution in [3.8, 4) is 0 Å². The van der Waals surface area contributed by atoms with Gasteiger partial charge in [0.15, 0.2) is 0 Å². The van der Waals surface area contributed by atoms with Crippen LogP contribution in [-0.2, 0) is 20.8 Å². The van der Waals surface area contributed by atoms with E-state index in [1.165, 1.54) is 10.4 Å². The maximum Gasteiger partial charge on any atom is 0.239 e. The van der Waals surface area contributed by atoms with Crippen molar-refractivity contribution in [2.45, 2.75) is 20.4 Å². The first-order valence-corrected chi connectivity index (χ1v) is 10.3. The highest BCUT2D eigenvalue weighted by molar-refractivity contribution is 7.18. The quantitative estimate of drug-likeness (QED) is 0.662. The van der Waals surface area contributed by atoms with E-state index in [0.717, 1.165) is 48.2 Å². The predicted octanol–water partition coefficient (Wildman–Crippen LogP) is 1.34. The lowest BCUT2D eigenvalue weighted by Gasteiger charge is -2.26. The molecule has 0 aliphatic carbocycles. The Kier molecular flexibility index (Phi) is 7.17. The van der Waals surface area contributed by atoms with Gasteiger partial charge in [0, 0.05) is 38.7 Å². The molecule has 2 aromatic rings. The topological polar surface area (TPSA) is 79.8 Å². The number of thiophene rings is 1. The average molecular weight is 408 g/mol. The first kappa shape index (κ1) is 20.9. The number of hydrogen-bond acceptors (Lipinski definition) is 8. The van der Waals surface area contributed by atoms with Gasteiger partial charge in [-0.3, -0.25) is 9.69 Å². The number of methoxy groups -OCH3 is 1. The molecule has 1 amide bonds. The molecule has 0 unspecified atom stereocenters. The summed E-state index contributed by atoms with van der Waals surface area (Å²) in [6.45, 7) is 9.38. The van der Waals surface area contributed by atoms with E-state index in [9.17, 15) is 4.79 Å². The number of carbonyl (C=O) groups is 1. The van der Waals surface area contributed by atoms with Crippen LogP contribution >= 0.6 is 11.3 Å². The monoisotopic (exact) mass is 407 g/mol. The van der Waals surface area contributed by atoms with Crippen LogP contribution in [0.25, 0.3) is 10.2 Å². The van der Waals surface area contributed by atoms with Crippen LogP contribution in [0.2, 0.25) is 0 Å². The van der Waals surface area contributed by atoms with Crippen LogP contribution in [0.1, 0.15) is 16.3 Å². The van der Waals surface area contributed by atoms with Gasteiger partial charge in [0.25, 0.3) is 0 Å². The first-order chi connectivity index (χ1) is 13.5. The molecule has 3 heterocycles. The van der Waals surface area contributed by atoms with Crippen molar-refractivity contribution < 1.29 is 14.3 Å². The van der Waals surface area contributed by atoms with Crippen molar-refractivity contribution in [2.75, 3.05) is 65.1 Å². The summed E-state index contributed by atoms with van der Waals surface area (Å²) in [5.41, 5.74) is 1.18. The number of fused-ring (bicyclic) bond motifs is 1. The molecule has 0 spiro atoms. The summed E-state index contributed by atoms with van der Waals surface area (Å²) in [4.78, 5) is 28.4. The minimum Gasteiger partial charge on any atom is -0.383 e. The van der Waals surface area contributed by atoms with E-state index in [1.54, 1.807) is 18.4 Å². The van der Waals surface area contributed by atoms with Gasteiger partial charge >= 0.3 is 0 Å². The maximum absolute atomic E-state index is 12.3. The van der Waals surface area contributed by atoms with E-state index in [4.69, 9.17) is 19.4 Å². The number of ether oxygens (including phenoxy) is 2. The molecular weight excluding hydrogens is 378 g/mol. The van der Waals surface area contributed by atoms with Crippen LogP contribution in [0.5, 0.6) is 0 Å². The van der Waals surface area contributed by atoms with Gasteiger partial charge in [-0.2, -0.15) is 0 Å². The lowest BCUT2D eigenvalue weighted by molar-refractivity contribution is -0.119. The molecule has 0 aromatic carbocycles. The Balaban J connectivity index is 1.84. The largest absolute Gasteiger partial charge is 0.383 e. The highest BCUT2D eigenvalue weighted by Gasteiger charge is 2.20. The van der Waals surface area contributed by atoms with E-state index >= 15 is 0 Å². The molecule has 1 saturated heterocycles. The van der Waals surface area contributed by atoms with Crippen LogP contribution in [0.15, 0.2) is 0 Å². The van der Waals surface area contributed by atoms with Gasteiger partial charge in [0.05, 0.1) is 38.3 Å². The fraction of sp³-hybridized carbons (Fsp3) is 0.632. The fourth-order valence-corrected chi connectivity index (χ4v) is 4.26. The van der Waals surface area contributed by atoms with Crippen LogP contribution in [0.3, 0.4) is 0 Å². The van der Waals surface area contributed by atoms with Gasteiger partial charge in [0.1, 0.15) is 16.5 Å². The molecule has 0 radical (unpaired) electrons. The Morgan fingerprint density at radius 1 is 1.32 bits per heavy atom. The van der Waals surface area contributed by atoms with Gasteiger partial charge in [-0.1, -0.05) is 0 Å². The first-order valence-electron chi connectivity index (χ1n) is 9.53. The summed E-state index contributed by atoms with van der Waals surface area (Å²) in [6, 6.07) is 0. The van der Waals surface area contributed by atoms with E-state index in [1.807, 2.05) is 11.9 Å². The van der Waals surface area contributed by atoms with E-state index < -0.39 is 0 Å². The Labute approximate surface area is 169 Å². The molecule has 0 bridgehead atoms. The molecule has 1 aliphatic heterocycles. The number of morpholine rings is 1. The van der Waals surface area contributed by atoms with E-state index in [2.05, 4.69) is 24.1 Å². The average Bonchev–Trinajstić information content (AvgIpc) is 2.96. The summed E-state index contributed by atoms with van der Waals surface area (Å²) in [5.74, 6) is 1.56. The normalized spacial score (nSPS) is 15.1. The van der Waals surface area contributed by atoms with Crippen LogP contribution in [0, 0.1) is 13.8 Å². The number of likely N-dealkylation sites (N-methyl/N-ethyl adjacent to an activating group) is 1. The van der Waals surface area contributed by atoms with Crippen molar-refractivity contribution in [3.63, 3.8) is 0 Å². The third kappa shape index (κ3) is 4.96. The number of aryl methyl sites for hydroxylation is 2. The number of carbonyl (C=O) groups excluding carboxylic acids is 1. The molecule has 1 fully saturated rings. The van der Waals surface area contributed by atoms with Gasteiger partial charge < -0.3 is 19.7 Å². The molecule has 3 rings (SSSR count). The van der Waals surface area contributed by atoms with Gasteiger partial charge in [-0.15, -0.1) is 11.3 Å². The molecule has 1 aliphatic rings. The molecule has 2 aromatic heterocycles. The molecule has 8 nitrogen and oxygen atoms in total. The second kappa shape index (κ2) is 9.60. The minimum atomic E-state index is -0.0503. The Morgan fingerprint density at radius 2 is 2.07 bits per heavy atom. The van der Waals surface area contributed by atoms with Crippen LogP contribution in [-0.4, -0.2) is 80.9 Å². The predicted molar refractivity (Wildman–Crippen MR) is 111 cm³/mol. The number of amides is 1. The number of hydrogen-bond donors (Lipinski definition) is 1. The van der Waals surface area contributed by atoms with Gasteiger partial charge in [0.2, 0.25) is 5.91 Å². The summed E-state index contributed by atoms with van der Waals surface area (Å²) in [6.07, 6.45) is 0. The summed E-state index contributed by atoms with van der Waals surface area (Å²) in [5, 5.41) is 3.91. The zero-order chi connectivity index (χ0) is 20.1. The molecule has 0 saturated carbocycles. The van der Waals surface area contributed by atoms with Crippen LogP contribution in [0.4, 0.5) is 5.82 Å². The molecule has 154 valence electrons. The van der Waals surface area contributed by atoms with E-state index in [0.29, 0.717) is 19.7 Å². The highest BCUT2D eigenvalue weighted by atomic mass is 32.1. The van der Waals surface area contributed by atoms with Crippen molar-refractivity contribution in [2.24, 2.45) is 0 Å².